The van der Waals surface area contributed by atoms with Crippen LogP contribution < -0.4 is 5.32 Å². The molecule has 2 aromatic carbocycles. The number of amides is 1. The molecule has 0 unspecified atom stereocenters. The number of aromatic nitrogens is 3. The first-order valence-electron chi connectivity index (χ1n) is 7.73. The van der Waals surface area contributed by atoms with Gasteiger partial charge in [0.1, 0.15) is 11.7 Å². The molecule has 0 aliphatic heterocycles. The molecule has 0 fully saturated rings. The molecule has 0 spiro atoms. The summed E-state index contributed by atoms with van der Waals surface area (Å²) in [4.78, 5) is 19.8. The highest BCUT2D eigenvalue weighted by Gasteiger charge is 2.18. The number of rotatable bonds is 3. The Bertz CT molecular complexity index is 1050. The van der Waals surface area contributed by atoms with Gasteiger partial charge in [-0.2, -0.15) is 4.98 Å². The topological polar surface area (TPSA) is 83.8 Å². The normalized spacial score (nSPS) is 12.6. The molecule has 1 amide bonds. The highest BCUT2D eigenvalue weighted by atomic mass is 16.5. The Morgan fingerprint density at radius 2 is 2.04 bits per heavy atom. The van der Waals surface area contributed by atoms with Crippen LogP contribution in [0.2, 0.25) is 0 Å². The van der Waals surface area contributed by atoms with E-state index in [2.05, 4.69) is 32.6 Å². The van der Waals surface area contributed by atoms with Crippen molar-refractivity contribution < 1.29 is 9.32 Å². The van der Waals surface area contributed by atoms with Crippen molar-refractivity contribution in [3.63, 3.8) is 0 Å². The zero-order chi connectivity index (χ0) is 16.7. The van der Waals surface area contributed by atoms with E-state index in [1.54, 1.807) is 6.92 Å². The number of carbonyl (C=O) groups excluding carboxylic acids is 1. The minimum Gasteiger partial charge on any atom is -0.351 e. The molecular weight excluding hydrogens is 304 g/mol. The van der Waals surface area contributed by atoms with Gasteiger partial charge in [0, 0.05) is 10.9 Å². The minimum atomic E-state index is -0.359. The Balaban J connectivity index is 1.66. The highest BCUT2D eigenvalue weighted by molar-refractivity contribution is 6.09. The Morgan fingerprint density at radius 1 is 1.21 bits per heavy atom. The predicted molar refractivity (Wildman–Crippen MR) is 90.7 cm³/mol. The van der Waals surface area contributed by atoms with Gasteiger partial charge >= 0.3 is 0 Å². The first-order valence-corrected chi connectivity index (χ1v) is 7.73. The summed E-state index contributed by atoms with van der Waals surface area (Å²) in [5, 5.41) is 9.90. The van der Waals surface area contributed by atoms with Crippen LogP contribution in [0.25, 0.3) is 21.7 Å². The summed E-state index contributed by atoms with van der Waals surface area (Å²) in [6, 6.07) is 13.6. The summed E-state index contributed by atoms with van der Waals surface area (Å²) >= 11 is 0. The fourth-order valence-electron chi connectivity index (χ4n) is 2.83. The highest BCUT2D eigenvalue weighted by Crippen LogP contribution is 2.26. The van der Waals surface area contributed by atoms with E-state index in [4.69, 9.17) is 4.52 Å². The number of carbonyl (C=O) groups is 1. The third kappa shape index (κ3) is 2.42. The van der Waals surface area contributed by atoms with Crippen molar-refractivity contribution in [1.29, 1.82) is 0 Å². The molecule has 4 aromatic rings. The molecule has 2 heterocycles. The second-order valence-electron chi connectivity index (χ2n) is 5.81. The number of hydrogen-bond donors (Lipinski definition) is 2. The first kappa shape index (κ1) is 14.4. The van der Waals surface area contributed by atoms with Crippen LogP contribution in [0.1, 0.15) is 35.2 Å². The van der Waals surface area contributed by atoms with E-state index >= 15 is 0 Å². The number of H-pyrrole nitrogens is 1. The molecule has 2 N–H and O–H groups in total. The third-order valence-electron chi connectivity index (χ3n) is 4.03. The van der Waals surface area contributed by atoms with Crippen LogP contribution in [0.4, 0.5) is 0 Å². The largest absolute Gasteiger partial charge is 0.351 e. The molecule has 120 valence electrons. The Kier molecular flexibility index (Phi) is 3.30. The van der Waals surface area contributed by atoms with Gasteiger partial charge in [0.25, 0.3) is 5.91 Å². The zero-order valence-electron chi connectivity index (χ0n) is 13.3. The second-order valence-corrected chi connectivity index (χ2v) is 5.81. The smallest absolute Gasteiger partial charge is 0.268 e. The van der Waals surface area contributed by atoms with Gasteiger partial charge in [0.05, 0.1) is 0 Å². The number of benzene rings is 2. The van der Waals surface area contributed by atoms with Gasteiger partial charge in [0.15, 0.2) is 5.82 Å². The summed E-state index contributed by atoms with van der Waals surface area (Å²) in [5.41, 5.74) is 1.43. The molecule has 0 saturated carbocycles. The Labute approximate surface area is 137 Å². The summed E-state index contributed by atoms with van der Waals surface area (Å²) in [7, 11) is 0. The fourth-order valence-corrected chi connectivity index (χ4v) is 2.83. The maximum Gasteiger partial charge on any atom is 0.268 e. The second kappa shape index (κ2) is 5.49. The van der Waals surface area contributed by atoms with Gasteiger partial charge in [-0.3, -0.25) is 4.79 Å². The van der Waals surface area contributed by atoms with Crippen molar-refractivity contribution in [2.75, 3.05) is 0 Å². The van der Waals surface area contributed by atoms with Crippen LogP contribution >= 0.6 is 0 Å². The van der Waals surface area contributed by atoms with Crippen molar-refractivity contribution in [3.8, 4) is 0 Å². The lowest BCUT2D eigenvalue weighted by Gasteiger charge is -2.08. The average Bonchev–Trinajstić information content (AvgIpc) is 3.21. The molecule has 6 heteroatoms. The summed E-state index contributed by atoms with van der Waals surface area (Å²) in [5.74, 6) is 0.726. The average molecular weight is 320 g/mol. The van der Waals surface area contributed by atoms with Crippen molar-refractivity contribution in [2.24, 2.45) is 0 Å². The maximum absolute atomic E-state index is 12.5. The minimum absolute atomic E-state index is 0.210. The lowest BCUT2D eigenvalue weighted by atomic mass is 10.1. The lowest BCUT2D eigenvalue weighted by molar-refractivity contribution is 0.0928. The third-order valence-corrected chi connectivity index (χ3v) is 4.03. The summed E-state index contributed by atoms with van der Waals surface area (Å²) in [6.45, 7) is 3.55. The van der Waals surface area contributed by atoms with Crippen molar-refractivity contribution in [3.05, 3.63) is 59.9 Å². The first-order chi connectivity index (χ1) is 11.6. The van der Waals surface area contributed by atoms with E-state index in [0.717, 1.165) is 21.7 Å². The van der Waals surface area contributed by atoms with E-state index in [0.29, 0.717) is 17.4 Å². The van der Waals surface area contributed by atoms with Crippen LogP contribution in [0.15, 0.2) is 47.0 Å². The molecule has 4 rings (SSSR count). The van der Waals surface area contributed by atoms with Crippen molar-refractivity contribution in [2.45, 2.75) is 19.9 Å². The number of fused-ring (bicyclic) bond motifs is 3. The van der Waals surface area contributed by atoms with E-state index in [-0.39, 0.29) is 11.9 Å². The van der Waals surface area contributed by atoms with Gasteiger partial charge in [-0.1, -0.05) is 35.5 Å². The van der Waals surface area contributed by atoms with Gasteiger partial charge in [-0.25, -0.2) is 0 Å². The van der Waals surface area contributed by atoms with Crippen LogP contribution in [-0.2, 0) is 0 Å². The molecule has 2 aromatic heterocycles. The molecule has 1 atom stereocenters. The van der Waals surface area contributed by atoms with Gasteiger partial charge < -0.3 is 14.8 Å². The fraction of sp³-hybridized carbons (Fsp3) is 0.167. The monoisotopic (exact) mass is 320 g/mol. The van der Waals surface area contributed by atoms with E-state index in [9.17, 15) is 4.79 Å². The van der Waals surface area contributed by atoms with Crippen LogP contribution in [0, 0.1) is 6.92 Å². The number of nitrogens with one attached hydrogen (secondary N) is 2. The van der Waals surface area contributed by atoms with Crippen LogP contribution in [0.5, 0.6) is 0 Å². The Morgan fingerprint density at radius 3 is 2.83 bits per heavy atom. The molecule has 6 nitrogen and oxygen atoms in total. The molecule has 0 saturated heterocycles. The number of nitrogens with zero attached hydrogens (tertiary/aromatic N) is 2. The van der Waals surface area contributed by atoms with E-state index in [1.807, 2.05) is 37.3 Å². The zero-order valence-corrected chi connectivity index (χ0v) is 13.3. The standard InChI is InChI=1S/C18H16N4O2/c1-10(18-20-11(2)22-24-18)19-17(23)16-9-14-13-6-4-3-5-12(13)7-8-15(14)21-16/h3-10,21H,1-2H3,(H,19,23)/t10-/m1/s1. The number of aromatic amines is 1. The Hall–Kier alpha value is -3.15. The number of hydrogen-bond acceptors (Lipinski definition) is 4. The van der Waals surface area contributed by atoms with E-state index in [1.165, 1.54) is 0 Å². The van der Waals surface area contributed by atoms with Crippen molar-refractivity contribution >= 4 is 27.6 Å². The molecule has 0 bridgehead atoms. The van der Waals surface area contributed by atoms with Crippen molar-refractivity contribution in [1.82, 2.24) is 20.4 Å². The maximum atomic E-state index is 12.5. The SMILES string of the molecule is Cc1noc([C@@H](C)NC(=O)c2cc3c(ccc4ccccc43)[nH]2)n1. The quantitative estimate of drug-likeness (QED) is 0.605. The van der Waals surface area contributed by atoms with Crippen LogP contribution in [-0.4, -0.2) is 21.0 Å². The van der Waals surface area contributed by atoms with Gasteiger partial charge in [-0.05, 0) is 36.8 Å². The number of aryl methyl sites for hydroxylation is 1. The van der Waals surface area contributed by atoms with Crippen LogP contribution in [0.3, 0.4) is 0 Å². The molecule has 0 aliphatic rings. The summed E-state index contributed by atoms with van der Waals surface area (Å²) < 4.78 is 5.09. The molecular formula is C18H16N4O2. The lowest BCUT2D eigenvalue weighted by Crippen LogP contribution is -2.27. The molecule has 0 radical (unpaired) electrons. The van der Waals surface area contributed by atoms with E-state index < -0.39 is 0 Å². The van der Waals surface area contributed by atoms with Gasteiger partial charge in [-0.15, -0.1) is 0 Å². The molecule has 24 heavy (non-hydrogen) atoms. The predicted octanol–water partition coefficient (Wildman–Crippen LogP) is 3.50. The van der Waals surface area contributed by atoms with Gasteiger partial charge in [0.2, 0.25) is 5.89 Å². The molecule has 0 aliphatic carbocycles. The summed E-state index contributed by atoms with van der Waals surface area (Å²) in [6.07, 6.45) is 0.